The number of aryl methyl sites for hydroxylation is 1. The Morgan fingerprint density at radius 3 is 2.58 bits per heavy atom. The first-order valence-electron chi connectivity index (χ1n) is 14.1. The number of fused-ring (bicyclic) bond motifs is 4. The number of nitrogens with zero attached hydrogens (tertiary/aromatic N) is 5. The Labute approximate surface area is 233 Å². The molecule has 4 aliphatic heterocycles. The predicted molar refractivity (Wildman–Crippen MR) is 160 cm³/mol. The predicted octanol–water partition coefficient (Wildman–Crippen LogP) is 5.44. The maximum absolute atomic E-state index is 6.50. The Balaban J connectivity index is 1.58. The lowest BCUT2D eigenvalue weighted by molar-refractivity contribution is 0.259. The van der Waals surface area contributed by atoms with Crippen LogP contribution < -0.4 is 5.73 Å². The topological polar surface area (TPSA) is 51.3 Å². The number of likely N-dealkylation sites (tertiary alicyclic amines) is 1. The highest BCUT2D eigenvalue weighted by Crippen LogP contribution is 2.35. The monoisotopic (exact) mass is 534 g/mol. The molecule has 1 aromatic rings. The SMILES string of the molecule is C=C1/C=C2/N=C(N3CC[C@H](N)C3)C(C)=C(N(C)CCCCc3ccc(Cl)cc3C(=C)N3CCCCC13)N2C. The second-order valence-electron chi connectivity index (χ2n) is 11.3. The van der Waals surface area contributed by atoms with Crippen LogP contribution in [0, 0.1) is 0 Å². The molecule has 7 heteroatoms. The number of benzene rings is 1. The zero-order valence-electron chi connectivity index (χ0n) is 23.3. The molecule has 2 saturated heterocycles. The molecule has 1 unspecified atom stereocenters. The summed E-state index contributed by atoms with van der Waals surface area (Å²) in [6.45, 7) is 15.2. The van der Waals surface area contributed by atoms with Gasteiger partial charge in [-0.1, -0.05) is 30.8 Å². The van der Waals surface area contributed by atoms with Gasteiger partial charge in [-0.25, -0.2) is 4.99 Å². The van der Waals surface area contributed by atoms with Gasteiger partial charge in [-0.15, -0.1) is 0 Å². The van der Waals surface area contributed by atoms with Crippen LogP contribution in [0.15, 0.2) is 65.2 Å². The van der Waals surface area contributed by atoms with Crippen molar-refractivity contribution in [2.24, 2.45) is 10.7 Å². The summed E-state index contributed by atoms with van der Waals surface area (Å²) in [6, 6.07) is 6.69. The Morgan fingerprint density at radius 1 is 1.03 bits per heavy atom. The highest BCUT2D eigenvalue weighted by molar-refractivity contribution is 6.30. The third-order valence-corrected chi connectivity index (χ3v) is 8.84. The van der Waals surface area contributed by atoms with E-state index in [9.17, 15) is 0 Å². The van der Waals surface area contributed by atoms with Crippen molar-refractivity contribution >= 4 is 23.1 Å². The fourth-order valence-electron chi connectivity index (χ4n) is 6.55. The second-order valence-corrected chi connectivity index (χ2v) is 11.8. The van der Waals surface area contributed by atoms with E-state index in [1.165, 1.54) is 28.9 Å². The van der Waals surface area contributed by atoms with Gasteiger partial charge in [0.25, 0.3) is 0 Å². The average Bonchev–Trinajstić information content (AvgIpc) is 3.33. The van der Waals surface area contributed by atoms with E-state index in [2.05, 4.69) is 72.0 Å². The zero-order valence-corrected chi connectivity index (χ0v) is 24.1. The average molecular weight is 535 g/mol. The molecule has 4 aliphatic rings. The van der Waals surface area contributed by atoms with Crippen LogP contribution >= 0.6 is 11.6 Å². The van der Waals surface area contributed by atoms with Gasteiger partial charge < -0.3 is 25.3 Å². The Bertz CT molecular complexity index is 1200. The van der Waals surface area contributed by atoms with E-state index in [4.69, 9.17) is 22.3 Å². The van der Waals surface area contributed by atoms with E-state index in [1.807, 2.05) is 6.07 Å². The lowest BCUT2D eigenvalue weighted by Gasteiger charge is -2.41. The van der Waals surface area contributed by atoms with E-state index >= 15 is 0 Å². The van der Waals surface area contributed by atoms with Gasteiger partial charge in [-0.3, -0.25) is 0 Å². The van der Waals surface area contributed by atoms with Crippen molar-refractivity contribution in [3.05, 3.63) is 76.4 Å². The Morgan fingerprint density at radius 2 is 1.82 bits per heavy atom. The van der Waals surface area contributed by atoms with Crippen molar-refractivity contribution in [3.8, 4) is 0 Å². The minimum Gasteiger partial charge on any atom is -0.364 e. The van der Waals surface area contributed by atoms with Gasteiger partial charge in [0.15, 0.2) is 0 Å². The number of hydrogen-bond acceptors (Lipinski definition) is 6. The van der Waals surface area contributed by atoms with E-state index < -0.39 is 0 Å². The minimum absolute atomic E-state index is 0.182. The van der Waals surface area contributed by atoms with Crippen LogP contribution in [0.3, 0.4) is 0 Å². The number of nitrogens with two attached hydrogens (primary N) is 1. The summed E-state index contributed by atoms with van der Waals surface area (Å²) in [5.41, 5.74) is 12.2. The van der Waals surface area contributed by atoms with Crippen LogP contribution in [0.25, 0.3) is 5.70 Å². The van der Waals surface area contributed by atoms with Crippen LogP contribution in [0.2, 0.25) is 5.02 Å². The molecule has 38 heavy (non-hydrogen) atoms. The summed E-state index contributed by atoms with van der Waals surface area (Å²) in [5, 5.41) is 0.762. The van der Waals surface area contributed by atoms with Gasteiger partial charge in [0.2, 0.25) is 0 Å². The standard InChI is InChI=1S/C31H43ClN6/c1-21-18-29-34-30(37-17-14-26(33)20-37)22(2)31(36(29)5)35(4)15-8-6-10-24-12-13-25(32)19-27(24)23(3)38-16-9-7-11-28(21)38/h12-13,18-19,26,28H,1,3,6-11,14-17,20,33H2,2,4-5H3/b29-18-/t26-,28?/m0/s1. The van der Waals surface area contributed by atoms with Crippen LogP contribution in [0.5, 0.6) is 0 Å². The van der Waals surface area contributed by atoms with Crippen LogP contribution in [0.1, 0.15) is 56.6 Å². The fourth-order valence-corrected chi connectivity index (χ4v) is 6.72. The van der Waals surface area contributed by atoms with Gasteiger partial charge in [0.1, 0.15) is 17.5 Å². The molecular weight excluding hydrogens is 492 g/mol. The first kappa shape index (κ1) is 26.9. The summed E-state index contributed by atoms with van der Waals surface area (Å²) < 4.78 is 0. The van der Waals surface area contributed by atoms with Crippen molar-refractivity contribution in [2.75, 3.05) is 40.3 Å². The molecule has 2 bridgehead atoms. The number of hydrogen-bond donors (Lipinski definition) is 1. The molecular formula is C31H43ClN6. The van der Waals surface area contributed by atoms with Gasteiger partial charge in [0.05, 0.1) is 6.04 Å². The smallest absolute Gasteiger partial charge is 0.137 e. The molecule has 204 valence electrons. The molecule has 0 radical (unpaired) electrons. The van der Waals surface area contributed by atoms with Gasteiger partial charge in [0, 0.05) is 68.2 Å². The quantitative estimate of drug-likeness (QED) is 0.480. The summed E-state index contributed by atoms with van der Waals surface area (Å²) in [6.07, 6.45) is 9.80. The Kier molecular flexibility index (Phi) is 7.92. The van der Waals surface area contributed by atoms with Crippen molar-refractivity contribution in [1.29, 1.82) is 0 Å². The molecule has 0 amide bonds. The number of rotatable bonds is 0. The minimum atomic E-state index is 0.182. The summed E-state index contributed by atoms with van der Waals surface area (Å²) in [4.78, 5) is 14.7. The molecule has 2 fully saturated rings. The Hall–Kier alpha value is -2.70. The normalized spacial score (nSPS) is 26.9. The molecule has 0 spiro atoms. The van der Waals surface area contributed by atoms with E-state index in [1.54, 1.807) is 0 Å². The summed E-state index contributed by atoms with van der Waals surface area (Å²) in [5.74, 6) is 3.20. The maximum Gasteiger partial charge on any atom is 0.137 e. The fraction of sp³-hybridized carbons (Fsp3) is 0.516. The largest absolute Gasteiger partial charge is 0.364 e. The van der Waals surface area contributed by atoms with E-state index in [0.717, 1.165) is 92.7 Å². The highest BCUT2D eigenvalue weighted by atomic mass is 35.5. The number of piperidine rings is 1. The zero-order chi connectivity index (χ0) is 27.0. The molecule has 5 rings (SSSR count). The van der Waals surface area contributed by atoms with Crippen molar-refractivity contribution in [1.82, 2.24) is 19.6 Å². The van der Waals surface area contributed by atoms with E-state index in [-0.39, 0.29) is 12.1 Å². The molecule has 0 saturated carbocycles. The first-order valence-corrected chi connectivity index (χ1v) is 14.5. The second kappa shape index (κ2) is 11.2. The first-order chi connectivity index (χ1) is 18.2. The van der Waals surface area contributed by atoms with Crippen molar-refractivity contribution < 1.29 is 0 Å². The van der Waals surface area contributed by atoms with Crippen LogP contribution in [-0.2, 0) is 6.42 Å². The maximum atomic E-state index is 6.50. The lowest BCUT2D eigenvalue weighted by atomic mass is 9.92. The van der Waals surface area contributed by atoms with Gasteiger partial charge in [-0.2, -0.15) is 0 Å². The lowest BCUT2D eigenvalue weighted by Crippen LogP contribution is -2.41. The summed E-state index contributed by atoms with van der Waals surface area (Å²) in [7, 11) is 4.34. The van der Waals surface area contributed by atoms with Gasteiger partial charge in [-0.05, 0) is 81.2 Å². The summed E-state index contributed by atoms with van der Waals surface area (Å²) >= 11 is 6.50. The molecule has 2 atom stereocenters. The number of amidine groups is 1. The van der Waals surface area contributed by atoms with Gasteiger partial charge >= 0.3 is 0 Å². The van der Waals surface area contributed by atoms with Crippen LogP contribution in [-0.4, -0.2) is 77.8 Å². The number of halogens is 1. The molecule has 2 N–H and O–H groups in total. The molecule has 6 nitrogen and oxygen atoms in total. The molecule has 0 aromatic heterocycles. The third-order valence-electron chi connectivity index (χ3n) is 8.60. The molecule has 4 heterocycles. The third kappa shape index (κ3) is 5.26. The van der Waals surface area contributed by atoms with Crippen molar-refractivity contribution in [3.63, 3.8) is 0 Å². The molecule has 1 aromatic carbocycles. The highest BCUT2D eigenvalue weighted by Gasteiger charge is 2.32. The van der Waals surface area contributed by atoms with Crippen molar-refractivity contribution in [2.45, 2.75) is 64.0 Å². The number of aliphatic imine (C=N–C) groups is 1. The van der Waals surface area contributed by atoms with E-state index in [0.29, 0.717) is 0 Å². The van der Waals surface area contributed by atoms with Crippen LogP contribution in [0.4, 0.5) is 0 Å². The molecule has 0 aliphatic carbocycles.